The molecule has 0 saturated heterocycles. The van der Waals surface area contributed by atoms with E-state index in [-0.39, 0.29) is 5.25 Å². The summed E-state index contributed by atoms with van der Waals surface area (Å²) in [4.78, 5) is 0.753. The molecule has 4 heteroatoms. The Bertz CT molecular complexity index is 394. The molecule has 0 aromatic heterocycles. The molecular formula is C12H15NO2S. The van der Waals surface area contributed by atoms with Crippen molar-refractivity contribution in [2.45, 2.75) is 29.9 Å². The van der Waals surface area contributed by atoms with Gasteiger partial charge in [0.2, 0.25) is 0 Å². The summed E-state index contributed by atoms with van der Waals surface area (Å²) in [6.45, 7) is 1.95. The maximum atomic E-state index is 12.1. The van der Waals surface area contributed by atoms with Crippen LogP contribution in [0.1, 0.15) is 19.8 Å². The second-order valence-corrected chi connectivity index (χ2v) is 5.10. The van der Waals surface area contributed by atoms with Crippen LogP contribution in [0, 0.1) is 11.3 Å². The lowest BCUT2D eigenvalue weighted by molar-refractivity contribution is 0.414. The normalized spacial score (nSPS) is 13.8. The SMILES string of the molecule is CCC(CC#N)S(=O)c1ccc(OC)cc1. The van der Waals surface area contributed by atoms with Gasteiger partial charge in [-0.25, -0.2) is 0 Å². The van der Waals surface area contributed by atoms with Crippen molar-refractivity contribution < 1.29 is 8.95 Å². The standard InChI is InChI=1S/C12H15NO2S/c1-3-11(8-9-13)16(14)12-6-4-10(15-2)5-7-12/h4-7,11H,3,8H2,1-2H3. The zero-order valence-electron chi connectivity index (χ0n) is 9.47. The van der Waals surface area contributed by atoms with E-state index < -0.39 is 10.8 Å². The smallest absolute Gasteiger partial charge is 0.118 e. The Morgan fingerprint density at radius 2 is 2.06 bits per heavy atom. The topological polar surface area (TPSA) is 50.1 Å². The fraction of sp³-hybridized carbons (Fsp3) is 0.417. The first-order chi connectivity index (χ1) is 7.72. The van der Waals surface area contributed by atoms with Gasteiger partial charge >= 0.3 is 0 Å². The Kier molecular flexibility index (Phi) is 5.00. The molecule has 16 heavy (non-hydrogen) atoms. The summed E-state index contributed by atoms with van der Waals surface area (Å²) < 4.78 is 17.1. The van der Waals surface area contributed by atoms with Crippen LogP contribution in [0.2, 0.25) is 0 Å². The van der Waals surface area contributed by atoms with Crippen molar-refractivity contribution in [3.8, 4) is 11.8 Å². The van der Waals surface area contributed by atoms with Crippen LogP contribution in [-0.4, -0.2) is 16.6 Å². The predicted octanol–water partition coefficient (Wildman–Crippen LogP) is 2.50. The Balaban J connectivity index is 2.83. The van der Waals surface area contributed by atoms with Crippen molar-refractivity contribution in [1.82, 2.24) is 0 Å². The number of nitrogens with zero attached hydrogens (tertiary/aromatic N) is 1. The van der Waals surface area contributed by atoms with Crippen LogP contribution in [0.3, 0.4) is 0 Å². The van der Waals surface area contributed by atoms with E-state index in [4.69, 9.17) is 10.00 Å². The molecule has 1 aromatic rings. The van der Waals surface area contributed by atoms with Crippen LogP contribution < -0.4 is 4.74 Å². The van der Waals surface area contributed by atoms with Gasteiger partial charge in [0.15, 0.2) is 0 Å². The second kappa shape index (κ2) is 6.29. The maximum absolute atomic E-state index is 12.1. The van der Waals surface area contributed by atoms with E-state index in [9.17, 15) is 4.21 Å². The lowest BCUT2D eigenvalue weighted by atomic mass is 10.3. The predicted molar refractivity (Wildman–Crippen MR) is 63.7 cm³/mol. The summed E-state index contributed by atoms with van der Waals surface area (Å²) in [7, 11) is 0.484. The molecule has 0 bridgehead atoms. The van der Waals surface area contributed by atoms with Crippen molar-refractivity contribution in [1.29, 1.82) is 5.26 Å². The first kappa shape index (κ1) is 12.7. The highest BCUT2D eigenvalue weighted by Gasteiger charge is 2.16. The van der Waals surface area contributed by atoms with Crippen LogP contribution in [0.4, 0.5) is 0 Å². The average molecular weight is 237 g/mol. The molecule has 0 saturated carbocycles. The van der Waals surface area contributed by atoms with Crippen molar-refractivity contribution in [2.75, 3.05) is 7.11 Å². The molecule has 0 spiro atoms. The number of hydrogen-bond donors (Lipinski definition) is 0. The molecule has 0 heterocycles. The van der Waals surface area contributed by atoms with Gasteiger partial charge in [0.1, 0.15) is 5.75 Å². The minimum absolute atomic E-state index is 0.0848. The molecule has 3 nitrogen and oxygen atoms in total. The van der Waals surface area contributed by atoms with Crippen molar-refractivity contribution in [3.05, 3.63) is 24.3 Å². The fourth-order valence-electron chi connectivity index (χ4n) is 1.38. The van der Waals surface area contributed by atoms with Crippen molar-refractivity contribution >= 4 is 10.8 Å². The molecule has 1 rings (SSSR count). The number of benzene rings is 1. The number of methoxy groups -OCH3 is 1. The van der Waals surface area contributed by atoms with E-state index in [1.807, 2.05) is 6.92 Å². The van der Waals surface area contributed by atoms with Crippen LogP contribution in [0.5, 0.6) is 5.75 Å². The molecule has 0 aliphatic heterocycles. The van der Waals surface area contributed by atoms with Gasteiger partial charge < -0.3 is 4.74 Å². The molecule has 0 amide bonds. The highest BCUT2D eigenvalue weighted by molar-refractivity contribution is 7.85. The van der Waals surface area contributed by atoms with Gasteiger partial charge in [-0.05, 0) is 30.7 Å². The third-order valence-corrected chi connectivity index (χ3v) is 4.21. The van der Waals surface area contributed by atoms with Crippen molar-refractivity contribution in [3.63, 3.8) is 0 Å². The molecular weight excluding hydrogens is 222 g/mol. The van der Waals surface area contributed by atoms with E-state index in [2.05, 4.69) is 6.07 Å². The quantitative estimate of drug-likeness (QED) is 0.790. The van der Waals surface area contributed by atoms with Gasteiger partial charge in [-0.2, -0.15) is 5.26 Å². The van der Waals surface area contributed by atoms with Gasteiger partial charge in [0.25, 0.3) is 0 Å². The summed E-state index contributed by atoms with van der Waals surface area (Å²) >= 11 is 0. The first-order valence-electron chi connectivity index (χ1n) is 5.14. The molecule has 2 unspecified atom stereocenters. The number of nitriles is 1. The maximum Gasteiger partial charge on any atom is 0.118 e. The minimum atomic E-state index is -1.11. The summed E-state index contributed by atoms with van der Waals surface area (Å²) in [6.07, 6.45) is 1.07. The van der Waals surface area contributed by atoms with Gasteiger partial charge in [-0.1, -0.05) is 6.92 Å². The highest BCUT2D eigenvalue weighted by atomic mass is 32.2. The molecule has 0 aliphatic carbocycles. The van der Waals surface area contributed by atoms with E-state index in [0.717, 1.165) is 17.1 Å². The lowest BCUT2D eigenvalue weighted by Gasteiger charge is -2.11. The average Bonchev–Trinajstić information content (AvgIpc) is 2.35. The minimum Gasteiger partial charge on any atom is -0.497 e. The molecule has 1 aromatic carbocycles. The van der Waals surface area contributed by atoms with E-state index >= 15 is 0 Å². The monoisotopic (exact) mass is 237 g/mol. The summed E-state index contributed by atoms with van der Waals surface area (Å²) in [5, 5.41) is 8.56. The van der Waals surface area contributed by atoms with Crippen LogP contribution in [0.25, 0.3) is 0 Å². The highest BCUT2D eigenvalue weighted by Crippen LogP contribution is 2.19. The zero-order valence-corrected chi connectivity index (χ0v) is 10.3. The molecule has 0 N–H and O–H groups in total. The molecule has 2 atom stereocenters. The van der Waals surface area contributed by atoms with Crippen LogP contribution in [0.15, 0.2) is 29.2 Å². The Labute approximate surface area is 98.5 Å². The fourth-order valence-corrected chi connectivity index (χ4v) is 2.69. The van der Waals surface area contributed by atoms with Crippen LogP contribution >= 0.6 is 0 Å². The lowest BCUT2D eigenvalue weighted by Crippen LogP contribution is -2.13. The molecule has 0 aliphatic rings. The second-order valence-electron chi connectivity index (χ2n) is 3.37. The van der Waals surface area contributed by atoms with Gasteiger partial charge in [-0.3, -0.25) is 4.21 Å². The Morgan fingerprint density at radius 3 is 2.50 bits per heavy atom. The van der Waals surface area contributed by atoms with Gasteiger partial charge in [-0.15, -0.1) is 0 Å². The number of hydrogen-bond acceptors (Lipinski definition) is 3. The Morgan fingerprint density at radius 1 is 1.44 bits per heavy atom. The zero-order chi connectivity index (χ0) is 12.0. The summed E-state index contributed by atoms with van der Waals surface area (Å²) in [5.74, 6) is 0.745. The largest absolute Gasteiger partial charge is 0.497 e. The van der Waals surface area contributed by atoms with E-state index in [1.54, 1.807) is 31.4 Å². The first-order valence-corrected chi connectivity index (χ1v) is 6.35. The Hall–Kier alpha value is -1.34. The summed E-state index contributed by atoms with van der Waals surface area (Å²) in [5.41, 5.74) is 0. The number of rotatable bonds is 5. The van der Waals surface area contributed by atoms with E-state index in [0.29, 0.717) is 6.42 Å². The number of ether oxygens (including phenoxy) is 1. The van der Waals surface area contributed by atoms with Crippen LogP contribution in [-0.2, 0) is 10.8 Å². The van der Waals surface area contributed by atoms with Gasteiger partial charge in [0, 0.05) is 11.3 Å². The third kappa shape index (κ3) is 3.07. The summed E-state index contributed by atoms with van der Waals surface area (Å²) in [6, 6.07) is 9.22. The molecule has 0 radical (unpaired) electrons. The third-order valence-electron chi connectivity index (χ3n) is 2.37. The molecule has 0 fully saturated rings. The molecule has 86 valence electrons. The van der Waals surface area contributed by atoms with Crippen molar-refractivity contribution in [2.24, 2.45) is 0 Å². The van der Waals surface area contributed by atoms with Gasteiger partial charge in [0.05, 0.1) is 29.2 Å². The van der Waals surface area contributed by atoms with E-state index in [1.165, 1.54) is 0 Å².